The second-order valence-electron chi connectivity index (χ2n) is 6.18. The van der Waals surface area contributed by atoms with E-state index in [1.807, 2.05) is 6.92 Å². The Labute approximate surface area is 151 Å². The molecule has 0 bridgehead atoms. The third kappa shape index (κ3) is 2.92. The molecule has 1 aliphatic carbocycles. The fraction of sp³-hybridized carbons (Fsp3) is 0.222. The van der Waals surface area contributed by atoms with Crippen LogP contribution in [0.2, 0.25) is 0 Å². The molecule has 26 heavy (non-hydrogen) atoms. The van der Waals surface area contributed by atoms with Crippen LogP contribution in [0.5, 0.6) is 5.88 Å². The first kappa shape index (κ1) is 16.6. The summed E-state index contributed by atoms with van der Waals surface area (Å²) in [6.07, 6.45) is 3.64. The molecular weight excluding hydrogens is 354 g/mol. The van der Waals surface area contributed by atoms with Gasteiger partial charge in [0.05, 0.1) is 12.0 Å². The molecular formula is C18H17N3O4S. The molecule has 0 radical (unpaired) electrons. The summed E-state index contributed by atoms with van der Waals surface area (Å²) in [6.45, 7) is 1.88. The number of nitrogens with zero attached hydrogens (tertiary/aromatic N) is 2. The van der Waals surface area contributed by atoms with Crippen LogP contribution in [0.1, 0.15) is 23.3 Å². The van der Waals surface area contributed by atoms with E-state index in [0.29, 0.717) is 17.7 Å². The van der Waals surface area contributed by atoms with Gasteiger partial charge in [-0.25, -0.2) is 4.98 Å². The van der Waals surface area contributed by atoms with E-state index in [0.717, 1.165) is 29.7 Å². The molecule has 0 atom stereocenters. The predicted molar refractivity (Wildman–Crippen MR) is 95.2 cm³/mol. The lowest BCUT2D eigenvalue weighted by molar-refractivity contribution is 0.471. The second-order valence-corrected chi connectivity index (χ2v) is 7.72. The minimum atomic E-state index is -4.03. The molecule has 4 rings (SSSR count). The molecule has 0 aliphatic heterocycles. The van der Waals surface area contributed by atoms with Crippen LogP contribution >= 0.6 is 0 Å². The van der Waals surface area contributed by atoms with Crippen LogP contribution in [0, 0.1) is 6.92 Å². The fourth-order valence-corrected chi connectivity index (χ4v) is 3.94. The number of hydrogen-bond donors (Lipinski definition) is 1. The average Bonchev–Trinajstić information content (AvgIpc) is 2.98. The summed E-state index contributed by atoms with van der Waals surface area (Å²) < 4.78 is 36.2. The van der Waals surface area contributed by atoms with Crippen molar-refractivity contribution in [1.82, 2.24) is 9.97 Å². The highest BCUT2D eigenvalue weighted by Crippen LogP contribution is 2.37. The summed E-state index contributed by atoms with van der Waals surface area (Å²) in [4.78, 5) is 8.40. The first-order chi connectivity index (χ1) is 12.4. The van der Waals surface area contributed by atoms with Crippen molar-refractivity contribution in [2.45, 2.75) is 31.1 Å². The summed E-state index contributed by atoms with van der Waals surface area (Å²) in [7, 11) is -4.03. The van der Waals surface area contributed by atoms with E-state index in [2.05, 4.69) is 9.97 Å². The monoisotopic (exact) mass is 371 g/mol. The standard InChI is InChI=1S/C18H17N3O4S/c1-11-5-7-12(8-6-11)26(22,23)25-17-14-3-2-4-15-13(9-10-24-15)16(14)20-18(19)21-17/h5-10H,2-4H2,1H3,(H2,19,20,21). The van der Waals surface area contributed by atoms with Crippen LogP contribution in [0.15, 0.2) is 45.9 Å². The lowest BCUT2D eigenvalue weighted by Gasteiger charge is -2.13. The number of rotatable bonds is 3. The summed E-state index contributed by atoms with van der Waals surface area (Å²) in [6, 6.07) is 8.22. The largest absolute Gasteiger partial charge is 0.469 e. The van der Waals surface area contributed by atoms with Crippen molar-refractivity contribution in [2.75, 3.05) is 5.73 Å². The number of anilines is 1. The Balaban J connectivity index is 1.80. The van der Waals surface area contributed by atoms with Crippen molar-refractivity contribution in [3.8, 4) is 17.1 Å². The first-order valence-electron chi connectivity index (χ1n) is 8.18. The minimum absolute atomic E-state index is 0.0258. The molecule has 0 spiro atoms. The van der Waals surface area contributed by atoms with Gasteiger partial charge < -0.3 is 14.3 Å². The van der Waals surface area contributed by atoms with Gasteiger partial charge in [0, 0.05) is 17.5 Å². The number of aromatic nitrogens is 2. The highest BCUT2D eigenvalue weighted by molar-refractivity contribution is 7.87. The molecule has 0 unspecified atom stereocenters. The average molecular weight is 371 g/mol. The van der Waals surface area contributed by atoms with Gasteiger partial charge in [-0.05, 0) is 38.0 Å². The molecule has 0 saturated heterocycles. The van der Waals surface area contributed by atoms with Crippen LogP contribution in [0.25, 0.3) is 11.3 Å². The molecule has 0 amide bonds. The van der Waals surface area contributed by atoms with E-state index < -0.39 is 10.1 Å². The van der Waals surface area contributed by atoms with Crippen molar-refractivity contribution in [2.24, 2.45) is 0 Å². The number of hydrogen-bond acceptors (Lipinski definition) is 7. The molecule has 2 N–H and O–H groups in total. The van der Waals surface area contributed by atoms with Gasteiger partial charge in [0.25, 0.3) is 0 Å². The van der Waals surface area contributed by atoms with Gasteiger partial charge >= 0.3 is 10.1 Å². The van der Waals surface area contributed by atoms with Gasteiger partial charge in [-0.15, -0.1) is 0 Å². The molecule has 134 valence electrons. The molecule has 2 heterocycles. The maximum atomic E-state index is 12.6. The highest BCUT2D eigenvalue weighted by atomic mass is 32.2. The van der Waals surface area contributed by atoms with E-state index in [1.54, 1.807) is 24.5 Å². The van der Waals surface area contributed by atoms with Gasteiger partial charge in [0.15, 0.2) is 0 Å². The number of aryl methyl sites for hydroxylation is 2. The zero-order valence-electron chi connectivity index (χ0n) is 14.1. The van der Waals surface area contributed by atoms with Crippen molar-refractivity contribution in [1.29, 1.82) is 0 Å². The van der Waals surface area contributed by atoms with Gasteiger partial charge in [0.2, 0.25) is 11.8 Å². The Morgan fingerprint density at radius 1 is 1.12 bits per heavy atom. The SMILES string of the molecule is Cc1ccc(S(=O)(=O)Oc2nc(N)nc3c2CCCc2occc2-3)cc1. The van der Waals surface area contributed by atoms with E-state index in [1.165, 1.54) is 12.1 Å². The number of fused-ring (bicyclic) bond motifs is 3. The van der Waals surface area contributed by atoms with Gasteiger partial charge in [-0.3, -0.25) is 0 Å². The molecule has 2 aromatic heterocycles. The Morgan fingerprint density at radius 2 is 1.88 bits per heavy atom. The highest BCUT2D eigenvalue weighted by Gasteiger charge is 2.26. The first-order valence-corrected chi connectivity index (χ1v) is 9.59. The van der Waals surface area contributed by atoms with Crippen LogP contribution in [0.4, 0.5) is 5.95 Å². The summed E-state index contributed by atoms with van der Waals surface area (Å²) in [5.74, 6) is 0.725. The van der Waals surface area contributed by atoms with Crippen LogP contribution in [-0.2, 0) is 23.0 Å². The maximum Gasteiger partial charge on any atom is 0.340 e. The normalized spacial score (nSPS) is 13.6. The second kappa shape index (κ2) is 6.14. The van der Waals surface area contributed by atoms with Crippen molar-refractivity contribution < 1.29 is 17.0 Å². The maximum absolute atomic E-state index is 12.6. The van der Waals surface area contributed by atoms with Crippen LogP contribution in [0.3, 0.4) is 0 Å². The van der Waals surface area contributed by atoms with Crippen LogP contribution in [-0.4, -0.2) is 18.4 Å². The zero-order chi connectivity index (χ0) is 18.3. The molecule has 8 heteroatoms. The molecule has 3 aromatic rings. The number of benzene rings is 1. The minimum Gasteiger partial charge on any atom is -0.469 e. The van der Waals surface area contributed by atoms with Crippen LogP contribution < -0.4 is 9.92 Å². The summed E-state index contributed by atoms with van der Waals surface area (Å²) in [5, 5.41) is 0. The molecule has 7 nitrogen and oxygen atoms in total. The van der Waals surface area contributed by atoms with Gasteiger partial charge in [0.1, 0.15) is 10.7 Å². The Hall–Kier alpha value is -2.87. The quantitative estimate of drug-likeness (QED) is 0.705. The smallest absolute Gasteiger partial charge is 0.340 e. The number of nitrogen functional groups attached to an aromatic ring is 1. The van der Waals surface area contributed by atoms with Gasteiger partial charge in [-0.2, -0.15) is 13.4 Å². The Kier molecular flexibility index (Phi) is 3.91. The van der Waals surface area contributed by atoms with Crippen molar-refractivity contribution in [3.63, 3.8) is 0 Å². The Morgan fingerprint density at radius 3 is 2.65 bits per heavy atom. The van der Waals surface area contributed by atoms with Gasteiger partial charge in [-0.1, -0.05) is 17.7 Å². The third-order valence-corrected chi connectivity index (χ3v) is 5.54. The van der Waals surface area contributed by atoms with Crippen molar-refractivity contribution >= 4 is 16.1 Å². The molecule has 0 fully saturated rings. The summed E-state index contributed by atoms with van der Waals surface area (Å²) >= 11 is 0. The predicted octanol–water partition coefficient (Wildman–Crippen LogP) is 2.88. The fourth-order valence-electron chi connectivity index (χ4n) is 3.02. The third-order valence-electron chi connectivity index (χ3n) is 4.32. The lowest BCUT2D eigenvalue weighted by atomic mass is 10.1. The molecule has 1 aliphatic rings. The molecule has 1 aromatic carbocycles. The number of nitrogens with two attached hydrogens (primary N) is 1. The summed E-state index contributed by atoms with van der Waals surface area (Å²) in [5.41, 5.74) is 8.74. The zero-order valence-corrected chi connectivity index (χ0v) is 14.9. The Bertz CT molecular complexity index is 1070. The number of furan rings is 1. The van der Waals surface area contributed by atoms with E-state index in [-0.39, 0.29) is 16.7 Å². The van der Waals surface area contributed by atoms with E-state index in [4.69, 9.17) is 14.3 Å². The topological polar surface area (TPSA) is 108 Å². The lowest BCUT2D eigenvalue weighted by Crippen LogP contribution is -2.14. The molecule has 0 saturated carbocycles. The van der Waals surface area contributed by atoms with E-state index in [9.17, 15) is 8.42 Å². The van der Waals surface area contributed by atoms with E-state index >= 15 is 0 Å². The van der Waals surface area contributed by atoms with Crippen molar-refractivity contribution in [3.05, 3.63) is 53.5 Å².